The normalized spacial score (nSPS) is 21.7. The minimum absolute atomic E-state index is 0.0502. The molecule has 0 atom stereocenters. The second kappa shape index (κ2) is 6.78. The van der Waals surface area contributed by atoms with E-state index in [0.29, 0.717) is 0 Å². The van der Waals surface area contributed by atoms with E-state index in [1.165, 1.54) is 45.2 Å². The molecule has 0 amide bonds. The van der Waals surface area contributed by atoms with Gasteiger partial charge in [0.1, 0.15) is 5.82 Å². The third kappa shape index (κ3) is 3.39. The van der Waals surface area contributed by atoms with Crippen LogP contribution in [-0.2, 0) is 6.42 Å². The van der Waals surface area contributed by atoms with E-state index in [2.05, 4.69) is 22.8 Å². The first-order chi connectivity index (χ1) is 10.3. The molecule has 3 heteroatoms. The van der Waals surface area contributed by atoms with E-state index in [0.717, 1.165) is 36.8 Å². The van der Waals surface area contributed by atoms with Gasteiger partial charge < -0.3 is 9.80 Å². The van der Waals surface area contributed by atoms with E-state index in [1.54, 1.807) is 6.07 Å². The number of halogens is 1. The summed E-state index contributed by atoms with van der Waals surface area (Å²) in [5.74, 6) is -0.0502. The lowest BCUT2D eigenvalue weighted by Gasteiger charge is -2.41. The predicted molar refractivity (Wildman–Crippen MR) is 86.4 cm³/mol. The van der Waals surface area contributed by atoms with Gasteiger partial charge in [0.15, 0.2) is 0 Å². The van der Waals surface area contributed by atoms with Gasteiger partial charge >= 0.3 is 0 Å². The zero-order valence-corrected chi connectivity index (χ0v) is 13.2. The molecule has 0 aromatic heterocycles. The van der Waals surface area contributed by atoms with Gasteiger partial charge in [-0.3, -0.25) is 0 Å². The van der Waals surface area contributed by atoms with Gasteiger partial charge in [-0.1, -0.05) is 19.4 Å². The van der Waals surface area contributed by atoms with Crippen LogP contribution in [-0.4, -0.2) is 37.1 Å². The lowest BCUT2D eigenvalue weighted by Crippen LogP contribution is -2.46. The van der Waals surface area contributed by atoms with Gasteiger partial charge in [0.25, 0.3) is 0 Å². The van der Waals surface area contributed by atoms with Gasteiger partial charge in [0.2, 0.25) is 0 Å². The molecule has 0 spiro atoms. The number of aryl methyl sites for hydroxylation is 1. The van der Waals surface area contributed by atoms with Crippen molar-refractivity contribution in [1.82, 2.24) is 4.90 Å². The van der Waals surface area contributed by atoms with Crippen LogP contribution in [0.15, 0.2) is 18.2 Å². The largest absolute Gasteiger partial charge is 0.369 e. The van der Waals surface area contributed by atoms with E-state index >= 15 is 0 Å². The first-order valence-corrected chi connectivity index (χ1v) is 8.55. The number of rotatable bonds is 3. The average Bonchev–Trinajstić information content (AvgIpc) is 2.56. The standard InChI is InChI=1S/C18H27FN2/c1-2-15-6-7-18(17(19)14-15)21-12-8-16(9-13-21)20-10-4-3-5-11-20/h6-7,14,16H,2-5,8-13H2,1H3. The molecule has 1 aromatic carbocycles. The highest BCUT2D eigenvalue weighted by molar-refractivity contribution is 5.49. The quantitative estimate of drug-likeness (QED) is 0.834. The molecule has 0 radical (unpaired) electrons. The summed E-state index contributed by atoms with van der Waals surface area (Å²) in [7, 11) is 0. The van der Waals surface area contributed by atoms with Crippen molar-refractivity contribution >= 4 is 5.69 Å². The highest BCUT2D eigenvalue weighted by Gasteiger charge is 2.26. The Morgan fingerprint density at radius 1 is 1.05 bits per heavy atom. The van der Waals surface area contributed by atoms with Crippen molar-refractivity contribution in [1.29, 1.82) is 0 Å². The van der Waals surface area contributed by atoms with E-state index < -0.39 is 0 Å². The number of hydrogen-bond acceptors (Lipinski definition) is 2. The Hall–Kier alpha value is -1.09. The number of benzene rings is 1. The Kier molecular flexibility index (Phi) is 4.79. The zero-order chi connectivity index (χ0) is 14.7. The summed E-state index contributed by atoms with van der Waals surface area (Å²) >= 11 is 0. The molecule has 2 aliphatic rings. The predicted octanol–water partition coefficient (Wildman–Crippen LogP) is 3.84. The average molecular weight is 290 g/mol. The first kappa shape index (κ1) is 14.8. The van der Waals surface area contributed by atoms with Crippen molar-refractivity contribution in [3.8, 4) is 0 Å². The first-order valence-electron chi connectivity index (χ1n) is 8.55. The van der Waals surface area contributed by atoms with Crippen LogP contribution in [0.5, 0.6) is 0 Å². The Morgan fingerprint density at radius 3 is 2.38 bits per heavy atom. The summed E-state index contributed by atoms with van der Waals surface area (Å²) in [6, 6.07) is 6.45. The van der Waals surface area contributed by atoms with Crippen molar-refractivity contribution in [2.75, 3.05) is 31.1 Å². The molecule has 2 nitrogen and oxygen atoms in total. The van der Waals surface area contributed by atoms with Gasteiger partial charge in [-0.25, -0.2) is 4.39 Å². The monoisotopic (exact) mass is 290 g/mol. The van der Waals surface area contributed by atoms with Crippen LogP contribution in [0.1, 0.15) is 44.6 Å². The molecule has 1 aromatic rings. The fourth-order valence-electron chi connectivity index (χ4n) is 3.78. The SMILES string of the molecule is CCc1ccc(N2CCC(N3CCCCC3)CC2)c(F)c1. The van der Waals surface area contributed by atoms with Crippen LogP contribution >= 0.6 is 0 Å². The number of anilines is 1. The molecule has 2 fully saturated rings. The number of nitrogens with zero attached hydrogens (tertiary/aromatic N) is 2. The second-order valence-electron chi connectivity index (χ2n) is 6.45. The maximum absolute atomic E-state index is 14.2. The molecule has 0 N–H and O–H groups in total. The molecule has 2 heterocycles. The summed E-state index contributed by atoms with van der Waals surface area (Å²) in [6.07, 6.45) is 7.35. The van der Waals surface area contributed by atoms with E-state index in [-0.39, 0.29) is 5.82 Å². The number of likely N-dealkylation sites (tertiary alicyclic amines) is 1. The topological polar surface area (TPSA) is 6.48 Å². The molecule has 0 saturated carbocycles. The maximum Gasteiger partial charge on any atom is 0.146 e. The zero-order valence-electron chi connectivity index (χ0n) is 13.2. The van der Waals surface area contributed by atoms with Crippen molar-refractivity contribution in [3.05, 3.63) is 29.6 Å². The lowest BCUT2D eigenvalue weighted by atomic mass is 9.99. The summed E-state index contributed by atoms with van der Waals surface area (Å²) in [4.78, 5) is 4.90. The van der Waals surface area contributed by atoms with Crippen LogP contribution < -0.4 is 4.90 Å². The third-order valence-electron chi connectivity index (χ3n) is 5.13. The molecular weight excluding hydrogens is 263 g/mol. The Morgan fingerprint density at radius 2 is 1.76 bits per heavy atom. The molecule has 116 valence electrons. The van der Waals surface area contributed by atoms with Gasteiger partial charge in [0.05, 0.1) is 5.69 Å². The highest BCUT2D eigenvalue weighted by atomic mass is 19.1. The van der Waals surface area contributed by atoms with Gasteiger partial charge in [-0.05, 0) is 62.9 Å². The second-order valence-corrected chi connectivity index (χ2v) is 6.45. The van der Waals surface area contributed by atoms with Gasteiger partial charge in [0, 0.05) is 19.1 Å². The fourth-order valence-corrected chi connectivity index (χ4v) is 3.78. The van der Waals surface area contributed by atoms with Crippen LogP contribution in [0.25, 0.3) is 0 Å². The highest BCUT2D eigenvalue weighted by Crippen LogP contribution is 2.27. The van der Waals surface area contributed by atoms with E-state index in [4.69, 9.17) is 0 Å². The summed E-state index contributed by atoms with van der Waals surface area (Å²) in [5, 5.41) is 0. The smallest absolute Gasteiger partial charge is 0.146 e. The Balaban J connectivity index is 1.60. The molecule has 0 aliphatic carbocycles. The fraction of sp³-hybridized carbons (Fsp3) is 0.667. The number of piperidine rings is 2. The molecular formula is C18H27FN2. The van der Waals surface area contributed by atoms with Crippen molar-refractivity contribution < 1.29 is 4.39 Å². The molecule has 0 bridgehead atoms. The van der Waals surface area contributed by atoms with E-state index in [9.17, 15) is 4.39 Å². The number of hydrogen-bond donors (Lipinski definition) is 0. The van der Waals surface area contributed by atoms with Crippen LogP contribution in [0.3, 0.4) is 0 Å². The Labute approximate surface area is 127 Å². The van der Waals surface area contributed by atoms with Crippen molar-refractivity contribution in [2.24, 2.45) is 0 Å². The van der Waals surface area contributed by atoms with Crippen molar-refractivity contribution in [2.45, 2.75) is 51.5 Å². The third-order valence-corrected chi connectivity index (χ3v) is 5.13. The maximum atomic E-state index is 14.2. The molecule has 2 saturated heterocycles. The molecule has 21 heavy (non-hydrogen) atoms. The molecule has 2 aliphatic heterocycles. The summed E-state index contributed by atoms with van der Waals surface area (Å²) < 4.78 is 14.2. The minimum Gasteiger partial charge on any atom is -0.369 e. The summed E-state index contributed by atoms with van der Waals surface area (Å²) in [6.45, 7) is 6.58. The summed E-state index contributed by atoms with van der Waals surface area (Å²) in [5.41, 5.74) is 1.88. The van der Waals surface area contributed by atoms with Crippen LogP contribution in [0.2, 0.25) is 0 Å². The van der Waals surface area contributed by atoms with Gasteiger partial charge in [-0.2, -0.15) is 0 Å². The Bertz CT molecular complexity index is 460. The van der Waals surface area contributed by atoms with Crippen molar-refractivity contribution in [3.63, 3.8) is 0 Å². The van der Waals surface area contributed by atoms with Crippen LogP contribution in [0.4, 0.5) is 10.1 Å². The van der Waals surface area contributed by atoms with Gasteiger partial charge in [-0.15, -0.1) is 0 Å². The minimum atomic E-state index is -0.0502. The lowest BCUT2D eigenvalue weighted by molar-refractivity contribution is 0.141. The van der Waals surface area contributed by atoms with E-state index in [1.807, 2.05) is 6.07 Å². The molecule has 0 unspecified atom stereocenters. The molecule has 3 rings (SSSR count). The van der Waals surface area contributed by atoms with Crippen LogP contribution in [0, 0.1) is 5.82 Å².